The summed E-state index contributed by atoms with van der Waals surface area (Å²) in [5.74, 6) is 0.107. The minimum absolute atomic E-state index is 0. The Kier molecular flexibility index (Phi) is 7.65. The minimum atomic E-state index is -0.337. The fourth-order valence-corrected chi connectivity index (χ4v) is 3.93. The van der Waals surface area contributed by atoms with E-state index in [1.54, 1.807) is 24.3 Å². The van der Waals surface area contributed by atoms with Crippen molar-refractivity contribution < 1.29 is 9.59 Å². The molecular weight excluding hydrogens is 363 g/mol. The topological polar surface area (TPSA) is 79.5 Å². The highest BCUT2D eigenvalue weighted by molar-refractivity contribution is 5.90. The number of likely N-dealkylation sites (tertiary alicyclic amines) is 2. The first-order valence-corrected chi connectivity index (χ1v) is 8.19. The molecule has 2 N–H and O–H groups in total. The smallest absolute Gasteiger partial charge is 0.228 e. The molecule has 4 atom stereocenters. The first-order chi connectivity index (χ1) is 11.0. The zero-order valence-electron chi connectivity index (χ0n) is 14.5. The number of hydrogen-bond donors (Lipinski definition) is 1. The molecule has 25 heavy (non-hydrogen) atoms. The SMILES string of the molecule is CC1CC(CN)CN1C(=O)C1CC(=O)N(C)C1c1cccnc1.Cl.Cl. The minimum Gasteiger partial charge on any atom is -0.339 e. The van der Waals surface area contributed by atoms with Crippen molar-refractivity contribution in [2.75, 3.05) is 20.1 Å². The summed E-state index contributed by atoms with van der Waals surface area (Å²) >= 11 is 0. The van der Waals surface area contributed by atoms with Crippen LogP contribution < -0.4 is 5.73 Å². The van der Waals surface area contributed by atoms with Crippen molar-refractivity contribution in [3.8, 4) is 0 Å². The monoisotopic (exact) mass is 388 g/mol. The highest BCUT2D eigenvalue weighted by Crippen LogP contribution is 2.39. The summed E-state index contributed by atoms with van der Waals surface area (Å²) in [6, 6.07) is 3.74. The lowest BCUT2D eigenvalue weighted by atomic mass is 9.93. The number of pyridine rings is 1. The average Bonchev–Trinajstić information content (AvgIpc) is 3.08. The number of nitrogens with two attached hydrogens (primary N) is 1. The molecule has 3 rings (SSSR count). The quantitative estimate of drug-likeness (QED) is 0.853. The Hall–Kier alpha value is -1.37. The third-order valence-corrected chi connectivity index (χ3v) is 5.21. The first kappa shape index (κ1) is 21.7. The summed E-state index contributed by atoms with van der Waals surface area (Å²) in [4.78, 5) is 33.0. The van der Waals surface area contributed by atoms with E-state index in [0.717, 1.165) is 12.0 Å². The molecule has 0 spiro atoms. The molecule has 1 aromatic heterocycles. The lowest BCUT2D eigenvalue weighted by Crippen LogP contribution is -2.40. The summed E-state index contributed by atoms with van der Waals surface area (Å²) in [5, 5.41) is 0. The zero-order valence-corrected chi connectivity index (χ0v) is 16.1. The lowest BCUT2D eigenvalue weighted by molar-refractivity contribution is -0.137. The predicted octanol–water partition coefficient (Wildman–Crippen LogP) is 1.64. The van der Waals surface area contributed by atoms with Crippen molar-refractivity contribution in [3.63, 3.8) is 0 Å². The van der Waals surface area contributed by atoms with Gasteiger partial charge in [0.15, 0.2) is 0 Å². The molecule has 6 nitrogen and oxygen atoms in total. The van der Waals surface area contributed by atoms with Gasteiger partial charge in [0, 0.05) is 38.4 Å². The van der Waals surface area contributed by atoms with Crippen LogP contribution in [0.25, 0.3) is 0 Å². The highest BCUT2D eigenvalue weighted by Gasteiger charge is 2.46. The molecule has 2 fully saturated rings. The molecule has 0 aliphatic carbocycles. The van der Waals surface area contributed by atoms with Gasteiger partial charge in [-0.2, -0.15) is 0 Å². The van der Waals surface area contributed by atoms with E-state index in [0.29, 0.717) is 19.0 Å². The molecule has 0 bridgehead atoms. The van der Waals surface area contributed by atoms with Gasteiger partial charge in [0.1, 0.15) is 0 Å². The molecule has 2 aliphatic heterocycles. The fourth-order valence-electron chi connectivity index (χ4n) is 3.93. The number of halogens is 2. The van der Waals surface area contributed by atoms with Gasteiger partial charge in [-0.05, 0) is 37.4 Å². The van der Waals surface area contributed by atoms with Gasteiger partial charge in [0.2, 0.25) is 11.8 Å². The van der Waals surface area contributed by atoms with Gasteiger partial charge in [-0.25, -0.2) is 0 Å². The van der Waals surface area contributed by atoms with Crippen LogP contribution in [0.15, 0.2) is 24.5 Å². The third kappa shape index (κ3) is 4.07. The Morgan fingerprint density at radius 1 is 1.40 bits per heavy atom. The molecule has 0 radical (unpaired) electrons. The van der Waals surface area contributed by atoms with E-state index >= 15 is 0 Å². The first-order valence-electron chi connectivity index (χ1n) is 8.19. The number of hydrogen-bond acceptors (Lipinski definition) is 4. The summed E-state index contributed by atoms with van der Waals surface area (Å²) in [5.41, 5.74) is 6.68. The van der Waals surface area contributed by atoms with Gasteiger partial charge in [0.25, 0.3) is 0 Å². The Morgan fingerprint density at radius 2 is 2.12 bits per heavy atom. The second-order valence-electron chi connectivity index (χ2n) is 6.72. The van der Waals surface area contributed by atoms with Crippen LogP contribution in [0.3, 0.4) is 0 Å². The van der Waals surface area contributed by atoms with E-state index < -0.39 is 0 Å². The molecule has 1 aromatic rings. The van der Waals surface area contributed by atoms with E-state index in [4.69, 9.17) is 5.73 Å². The number of carbonyl (C=O) groups excluding carboxylic acids is 2. The van der Waals surface area contributed by atoms with Crippen LogP contribution in [0.4, 0.5) is 0 Å². The molecule has 2 saturated heterocycles. The normalized spacial score (nSPS) is 28.5. The molecule has 8 heteroatoms. The van der Waals surface area contributed by atoms with Crippen LogP contribution >= 0.6 is 24.8 Å². The van der Waals surface area contributed by atoms with Gasteiger partial charge >= 0.3 is 0 Å². The zero-order chi connectivity index (χ0) is 16.6. The summed E-state index contributed by atoms with van der Waals surface area (Å²) < 4.78 is 0. The van der Waals surface area contributed by atoms with Crippen LogP contribution in [-0.4, -0.2) is 52.8 Å². The van der Waals surface area contributed by atoms with Crippen LogP contribution in [0.5, 0.6) is 0 Å². The molecular formula is C17H26Cl2N4O2. The van der Waals surface area contributed by atoms with Crippen molar-refractivity contribution in [3.05, 3.63) is 30.1 Å². The number of amides is 2. The van der Waals surface area contributed by atoms with Gasteiger partial charge in [-0.1, -0.05) is 6.07 Å². The maximum Gasteiger partial charge on any atom is 0.228 e. The van der Waals surface area contributed by atoms with E-state index in [1.807, 2.05) is 17.0 Å². The third-order valence-electron chi connectivity index (χ3n) is 5.21. The Labute approximate surface area is 161 Å². The average molecular weight is 389 g/mol. The van der Waals surface area contributed by atoms with Crippen LogP contribution in [0.2, 0.25) is 0 Å². The van der Waals surface area contributed by atoms with Gasteiger partial charge < -0.3 is 15.5 Å². The molecule has 0 saturated carbocycles. The van der Waals surface area contributed by atoms with Gasteiger partial charge in [-0.3, -0.25) is 14.6 Å². The number of carbonyl (C=O) groups is 2. The van der Waals surface area contributed by atoms with Crippen LogP contribution in [0.1, 0.15) is 31.4 Å². The number of rotatable bonds is 3. The largest absolute Gasteiger partial charge is 0.339 e. The molecule has 2 aliphatic rings. The second-order valence-corrected chi connectivity index (χ2v) is 6.72. The second kappa shape index (κ2) is 8.83. The van der Waals surface area contributed by atoms with Crippen LogP contribution in [0, 0.1) is 11.8 Å². The molecule has 4 unspecified atom stereocenters. The van der Waals surface area contributed by atoms with Crippen molar-refractivity contribution in [2.24, 2.45) is 17.6 Å². The Balaban J connectivity index is 0.00000156. The molecule has 2 amide bonds. The summed E-state index contributed by atoms with van der Waals surface area (Å²) in [7, 11) is 1.77. The maximum absolute atomic E-state index is 13.1. The van der Waals surface area contributed by atoms with E-state index in [2.05, 4.69) is 11.9 Å². The highest BCUT2D eigenvalue weighted by atomic mass is 35.5. The molecule has 0 aromatic carbocycles. The van der Waals surface area contributed by atoms with Crippen LogP contribution in [-0.2, 0) is 9.59 Å². The maximum atomic E-state index is 13.1. The Bertz CT molecular complexity index is 602. The predicted molar refractivity (Wildman–Crippen MR) is 101 cm³/mol. The van der Waals surface area contributed by atoms with Crippen molar-refractivity contribution >= 4 is 36.6 Å². The van der Waals surface area contributed by atoms with Gasteiger partial charge in [-0.15, -0.1) is 24.8 Å². The number of nitrogens with zero attached hydrogens (tertiary/aromatic N) is 3. The Morgan fingerprint density at radius 3 is 2.68 bits per heavy atom. The van der Waals surface area contributed by atoms with E-state index in [-0.39, 0.29) is 61.1 Å². The number of aromatic nitrogens is 1. The lowest BCUT2D eigenvalue weighted by Gasteiger charge is -2.29. The van der Waals surface area contributed by atoms with Crippen molar-refractivity contribution in [1.29, 1.82) is 0 Å². The fraction of sp³-hybridized carbons (Fsp3) is 0.588. The molecule has 3 heterocycles. The van der Waals surface area contributed by atoms with Gasteiger partial charge in [0.05, 0.1) is 12.0 Å². The standard InChI is InChI=1S/C17H24N4O2.2ClH/c1-11-6-12(8-18)10-21(11)17(23)14-7-15(22)20(2)16(14)13-4-3-5-19-9-13;;/h3-5,9,11-12,14,16H,6-8,10,18H2,1-2H3;2*1H. The summed E-state index contributed by atoms with van der Waals surface area (Å²) in [6.07, 6.45) is 4.66. The van der Waals surface area contributed by atoms with E-state index in [1.165, 1.54) is 0 Å². The van der Waals surface area contributed by atoms with Crippen molar-refractivity contribution in [2.45, 2.75) is 31.8 Å². The van der Waals surface area contributed by atoms with E-state index in [9.17, 15) is 9.59 Å². The summed E-state index contributed by atoms with van der Waals surface area (Å²) in [6.45, 7) is 3.36. The van der Waals surface area contributed by atoms with Crippen molar-refractivity contribution in [1.82, 2.24) is 14.8 Å². The molecule has 140 valence electrons.